The summed E-state index contributed by atoms with van der Waals surface area (Å²) >= 11 is 12.3. The van der Waals surface area contributed by atoms with Crippen molar-refractivity contribution in [3.63, 3.8) is 0 Å². The van der Waals surface area contributed by atoms with Gasteiger partial charge in [-0.05, 0) is 56.3 Å². The molecule has 2 heterocycles. The molecular weight excluding hydrogens is 544 g/mol. The number of allylic oxidation sites excluding steroid dienone is 1. The van der Waals surface area contributed by atoms with Gasteiger partial charge in [0.15, 0.2) is 6.10 Å². The number of nitrogens with one attached hydrogen (secondary N) is 1. The van der Waals surface area contributed by atoms with Gasteiger partial charge in [0.2, 0.25) is 5.56 Å². The Hall–Kier alpha value is -3.76. The lowest BCUT2D eigenvalue weighted by Gasteiger charge is -2.25. The van der Waals surface area contributed by atoms with Gasteiger partial charge in [-0.3, -0.25) is 9.59 Å². The van der Waals surface area contributed by atoms with Crippen LogP contribution in [-0.2, 0) is 11.8 Å². The first kappa shape index (κ1) is 27.3. The van der Waals surface area contributed by atoms with Crippen molar-refractivity contribution in [3.05, 3.63) is 98.2 Å². The highest BCUT2D eigenvalue weighted by Crippen LogP contribution is 2.34. The number of hydrogen-bond acceptors (Lipinski definition) is 4. The van der Waals surface area contributed by atoms with E-state index in [0.717, 1.165) is 0 Å². The van der Waals surface area contributed by atoms with Crippen LogP contribution in [0.2, 0.25) is 10.0 Å². The number of rotatable bonds is 6. The molecule has 0 radical (unpaired) electrons. The zero-order valence-corrected chi connectivity index (χ0v) is 21.8. The molecule has 0 aliphatic heterocycles. The van der Waals surface area contributed by atoms with Crippen LogP contribution in [0.15, 0.2) is 77.0 Å². The number of carbonyl (C=O) groups is 1. The van der Waals surface area contributed by atoms with Gasteiger partial charge in [0.1, 0.15) is 5.75 Å². The SMILES string of the molecule is CC(C)=C(NC(=O)C(F)(F)F)[C@H](Oc1ccc2c(cnn2-c2ccc(=O)n(C)c2)c1)c1cc(Cl)cc(Cl)c1. The average molecular weight is 565 g/mol. The number of aromatic nitrogens is 3. The second-order valence-electron chi connectivity index (χ2n) is 8.68. The van der Waals surface area contributed by atoms with E-state index in [9.17, 15) is 22.8 Å². The van der Waals surface area contributed by atoms with E-state index in [-0.39, 0.29) is 21.3 Å². The van der Waals surface area contributed by atoms with E-state index in [1.54, 1.807) is 62.2 Å². The van der Waals surface area contributed by atoms with Crippen LogP contribution in [0.25, 0.3) is 16.6 Å². The molecule has 0 unspecified atom stereocenters. The van der Waals surface area contributed by atoms with E-state index in [1.165, 1.54) is 28.8 Å². The molecule has 1 atom stereocenters. The van der Waals surface area contributed by atoms with E-state index >= 15 is 0 Å². The Morgan fingerprint density at radius 1 is 1.05 bits per heavy atom. The van der Waals surface area contributed by atoms with Crippen LogP contribution < -0.4 is 15.6 Å². The van der Waals surface area contributed by atoms with Gasteiger partial charge in [-0.25, -0.2) is 4.68 Å². The lowest BCUT2D eigenvalue weighted by atomic mass is 10.0. The number of alkyl halides is 3. The molecule has 1 amide bonds. The third-order valence-electron chi connectivity index (χ3n) is 5.60. The maximum absolute atomic E-state index is 13.1. The fraction of sp³-hybridized carbons (Fsp3) is 0.192. The molecule has 0 fully saturated rings. The molecule has 0 saturated carbocycles. The van der Waals surface area contributed by atoms with Gasteiger partial charge in [0, 0.05) is 40.3 Å². The van der Waals surface area contributed by atoms with Crippen molar-refractivity contribution in [3.8, 4) is 11.4 Å². The molecule has 2 aromatic carbocycles. The van der Waals surface area contributed by atoms with Crippen molar-refractivity contribution in [2.24, 2.45) is 7.05 Å². The van der Waals surface area contributed by atoms with E-state index in [2.05, 4.69) is 5.10 Å². The van der Waals surface area contributed by atoms with Crippen LogP contribution in [0.4, 0.5) is 13.2 Å². The number of fused-ring (bicyclic) bond motifs is 1. The van der Waals surface area contributed by atoms with Crippen LogP contribution >= 0.6 is 23.2 Å². The number of amides is 1. The lowest BCUT2D eigenvalue weighted by Crippen LogP contribution is -2.39. The van der Waals surface area contributed by atoms with Gasteiger partial charge in [0.05, 0.1) is 23.1 Å². The third kappa shape index (κ3) is 5.87. The average Bonchev–Trinajstić information content (AvgIpc) is 3.24. The normalized spacial score (nSPS) is 12.3. The summed E-state index contributed by atoms with van der Waals surface area (Å²) in [5.74, 6) is -1.84. The minimum Gasteiger partial charge on any atom is -0.479 e. The van der Waals surface area contributed by atoms with Crippen molar-refractivity contribution in [2.45, 2.75) is 26.1 Å². The highest BCUT2D eigenvalue weighted by atomic mass is 35.5. The second-order valence-corrected chi connectivity index (χ2v) is 9.55. The van der Waals surface area contributed by atoms with Crippen LogP contribution in [0.1, 0.15) is 25.5 Å². The number of hydrogen-bond donors (Lipinski definition) is 1. The van der Waals surface area contributed by atoms with Crippen LogP contribution in [0.5, 0.6) is 5.75 Å². The monoisotopic (exact) mass is 564 g/mol. The Bertz CT molecular complexity index is 1600. The van der Waals surface area contributed by atoms with Crippen LogP contribution in [0, 0.1) is 0 Å². The zero-order valence-electron chi connectivity index (χ0n) is 20.3. The predicted octanol–water partition coefficient (Wildman–Crippen LogP) is 6.12. The number of nitrogens with zero attached hydrogens (tertiary/aromatic N) is 3. The largest absolute Gasteiger partial charge is 0.479 e. The van der Waals surface area contributed by atoms with Crippen LogP contribution in [-0.4, -0.2) is 26.4 Å². The maximum Gasteiger partial charge on any atom is 0.471 e. The lowest BCUT2D eigenvalue weighted by molar-refractivity contribution is -0.173. The Morgan fingerprint density at radius 2 is 1.74 bits per heavy atom. The van der Waals surface area contributed by atoms with E-state index in [4.69, 9.17) is 27.9 Å². The molecule has 0 aliphatic carbocycles. The summed E-state index contributed by atoms with van der Waals surface area (Å²) in [6, 6.07) is 12.5. The summed E-state index contributed by atoms with van der Waals surface area (Å²) in [5.41, 5.74) is 1.80. The van der Waals surface area contributed by atoms with Crippen molar-refractivity contribution in [1.29, 1.82) is 0 Å². The number of carbonyl (C=O) groups excluding carboxylic acids is 1. The Balaban J connectivity index is 1.76. The molecule has 0 bridgehead atoms. The van der Waals surface area contributed by atoms with Gasteiger partial charge in [-0.2, -0.15) is 18.3 Å². The smallest absolute Gasteiger partial charge is 0.471 e. The standard InChI is InChI=1S/C26H21Cl2F3N4O3/c1-14(2)23(33-25(37)26(29,30)31)24(15-8-17(27)11-18(28)9-15)38-20-5-6-21-16(10-20)12-32-35(21)19-4-7-22(36)34(3)13-19/h4-13,24H,1-3H3,(H,33,37)/t24-/m1/s1. The van der Waals surface area contributed by atoms with Gasteiger partial charge < -0.3 is 14.6 Å². The molecule has 198 valence electrons. The minimum absolute atomic E-state index is 0.105. The maximum atomic E-state index is 13.1. The second kappa shape index (κ2) is 10.5. The van der Waals surface area contributed by atoms with E-state index in [1.807, 2.05) is 5.32 Å². The fourth-order valence-corrected chi connectivity index (χ4v) is 4.34. The third-order valence-corrected chi connectivity index (χ3v) is 6.04. The quantitative estimate of drug-likeness (QED) is 0.306. The van der Waals surface area contributed by atoms with Crippen molar-refractivity contribution in [1.82, 2.24) is 19.7 Å². The molecular formula is C26H21Cl2F3N4O3. The highest BCUT2D eigenvalue weighted by Gasteiger charge is 2.40. The molecule has 0 saturated heterocycles. The van der Waals surface area contributed by atoms with E-state index in [0.29, 0.717) is 33.5 Å². The molecule has 1 N–H and O–H groups in total. The highest BCUT2D eigenvalue weighted by molar-refractivity contribution is 6.34. The van der Waals surface area contributed by atoms with Gasteiger partial charge >= 0.3 is 12.1 Å². The summed E-state index contributed by atoms with van der Waals surface area (Å²) in [7, 11) is 1.63. The summed E-state index contributed by atoms with van der Waals surface area (Å²) in [4.78, 5) is 23.6. The molecule has 12 heteroatoms. The first-order chi connectivity index (χ1) is 17.8. The molecule has 7 nitrogen and oxygen atoms in total. The topological polar surface area (TPSA) is 78.2 Å². The number of pyridine rings is 1. The number of ether oxygens (including phenoxy) is 1. The van der Waals surface area contributed by atoms with Crippen LogP contribution in [0.3, 0.4) is 0 Å². The molecule has 0 spiro atoms. The summed E-state index contributed by atoms with van der Waals surface area (Å²) in [6.07, 6.45) is -3.06. The first-order valence-corrected chi connectivity index (χ1v) is 11.9. The molecule has 38 heavy (non-hydrogen) atoms. The molecule has 4 rings (SSSR count). The van der Waals surface area contributed by atoms with Crippen molar-refractivity contribution in [2.75, 3.05) is 0 Å². The van der Waals surface area contributed by atoms with Gasteiger partial charge in [-0.1, -0.05) is 28.8 Å². The fourth-order valence-electron chi connectivity index (χ4n) is 3.80. The minimum atomic E-state index is -5.11. The Morgan fingerprint density at radius 3 is 2.34 bits per heavy atom. The van der Waals surface area contributed by atoms with Crippen molar-refractivity contribution >= 4 is 40.0 Å². The zero-order chi connectivity index (χ0) is 27.8. The van der Waals surface area contributed by atoms with Crippen molar-refractivity contribution < 1.29 is 22.7 Å². The summed E-state index contributed by atoms with van der Waals surface area (Å²) in [5, 5.41) is 7.48. The first-order valence-electron chi connectivity index (χ1n) is 11.2. The van der Waals surface area contributed by atoms with Gasteiger partial charge in [0.25, 0.3) is 0 Å². The predicted molar refractivity (Wildman–Crippen MR) is 139 cm³/mol. The number of benzene rings is 2. The Kier molecular flexibility index (Phi) is 7.57. The van der Waals surface area contributed by atoms with E-state index < -0.39 is 18.2 Å². The van der Waals surface area contributed by atoms with Gasteiger partial charge in [-0.15, -0.1) is 0 Å². The Labute approximate surface area is 225 Å². The molecule has 0 aliphatic rings. The number of aryl methyl sites for hydroxylation is 1. The number of halogens is 5. The summed E-state index contributed by atoms with van der Waals surface area (Å²) < 4.78 is 48.6. The molecule has 4 aromatic rings. The molecule has 2 aromatic heterocycles. The summed E-state index contributed by atoms with van der Waals surface area (Å²) in [6.45, 7) is 3.10.